The third kappa shape index (κ3) is 2.24. The average Bonchev–Trinajstić information content (AvgIpc) is 2.38. The first-order valence-electron chi connectivity index (χ1n) is 5.55. The Labute approximate surface area is 101 Å². The number of hydrogen-bond donors (Lipinski definition) is 0. The standard InChI is InChI=1S/C14H15NO2/c1-10(2)11-5-4-6-12(14(11)16-3)13-9-17-8-7-15-13/h4-6,8-10H,1-3H3. The van der Waals surface area contributed by atoms with Gasteiger partial charge in [0, 0.05) is 11.4 Å². The number of benzene rings is 1. The molecule has 1 aliphatic rings. The zero-order valence-electron chi connectivity index (χ0n) is 10.2. The van der Waals surface area contributed by atoms with Crippen LogP contribution in [0.15, 0.2) is 35.7 Å². The molecule has 88 valence electrons. The van der Waals surface area contributed by atoms with Crippen LogP contribution in [0.4, 0.5) is 0 Å². The molecule has 3 nitrogen and oxygen atoms in total. The number of methoxy groups -OCH3 is 1. The molecule has 0 unspecified atom stereocenters. The zero-order valence-corrected chi connectivity index (χ0v) is 10.2. The molecule has 1 aromatic carbocycles. The molecule has 0 saturated carbocycles. The van der Waals surface area contributed by atoms with Crippen molar-refractivity contribution in [3.8, 4) is 5.75 Å². The van der Waals surface area contributed by atoms with E-state index < -0.39 is 0 Å². The van der Waals surface area contributed by atoms with E-state index in [0.717, 1.165) is 22.6 Å². The molecule has 0 saturated heterocycles. The summed E-state index contributed by atoms with van der Waals surface area (Å²) in [4.78, 5) is 4.16. The lowest BCUT2D eigenvalue weighted by Crippen LogP contribution is -1.99. The first-order valence-corrected chi connectivity index (χ1v) is 5.55. The van der Waals surface area contributed by atoms with Gasteiger partial charge in [0.15, 0.2) is 6.26 Å². The van der Waals surface area contributed by atoms with Crippen LogP contribution in [-0.2, 0) is 4.74 Å². The van der Waals surface area contributed by atoms with E-state index in [1.54, 1.807) is 13.4 Å². The van der Waals surface area contributed by atoms with Crippen molar-refractivity contribution < 1.29 is 9.47 Å². The van der Waals surface area contributed by atoms with Gasteiger partial charge in [0.25, 0.3) is 0 Å². The Morgan fingerprint density at radius 2 is 2.18 bits per heavy atom. The summed E-state index contributed by atoms with van der Waals surface area (Å²) < 4.78 is 10.6. The second-order valence-corrected chi connectivity index (χ2v) is 4.08. The Kier molecular flexibility index (Phi) is 3.31. The van der Waals surface area contributed by atoms with Gasteiger partial charge in [-0.2, -0.15) is 4.99 Å². The predicted molar refractivity (Wildman–Crippen MR) is 68.2 cm³/mol. The topological polar surface area (TPSA) is 30.8 Å². The van der Waals surface area contributed by atoms with E-state index in [2.05, 4.69) is 30.8 Å². The van der Waals surface area contributed by atoms with Crippen LogP contribution < -0.4 is 4.74 Å². The summed E-state index contributed by atoms with van der Waals surface area (Å²) in [7, 11) is 1.68. The van der Waals surface area contributed by atoms with Crippen molar-refractivity contribution in [2.24, 2.45) is 4.99 Å². The summed E-state index contributed by atoms with van der Waals surface area (Å²) >= 11 is 0. The van der Waals surface area contributed by atoms with Crippen molar-refractivity contribution in [3.63, 3.8) is 0 Å². The minimum Gasteiger partial charge on any atom is -0.496 e. The molecule has 0 aliphatic carbocycles. The highest BCUT2D eigenvalue weighted by Crippen LogP contribution is 2.34. The monoisotopic (exact) mass is 229 g/mol. The maximum Gasteiger partial charge on any atom is 0.151 e. The number of para-hydroxylation sites is 1. The van der Waals surface area contributed by atoms with Crippen molar-refractivity contribution in [2.45, 2.75) is 19.8 Å². The first-order chi connectivity index (χ1) is 8.24. The Morgan fingerprint density at radius 1 is 1.35 bits per heavy atom. The van der Waals surface area contributed by atoms with Crippen molar-refractivity contribution in [1.29, 1.82) is 0 Å². The highest BCUT2D eigenvalue weighted by atomic mass is 16.5. The van der Waals surface area contributed by atoms with Crippen LogP contribution >= 0.6 is 0 Å². The minimum absolute atomic E-state index is 0.398. The summed E-state index contributed by atoms with van der Waals surface area (Å²) in [5.41, 5.74) is 2.82. The number of ether oxygens (including phenoxy) is 2. The van der Waals surface area contributed by atoms with Crippen molar-refractivity contribution in [1.82, 2.24) is 0 Å². The van der Waals surface area contributed by atoms with E-state index >= 15 is 0 Å². The summed E-state index contributed by atoms with van der Waals surface area (Å²) in [6, 6.07) is 6.04. The molecule has 0 aromatic heterocycles. The van der Waals surface area contributed by atoms with Gasteiger partial charge in [-0.15, -0.1) is 0 Å². The molecule has 3 heteroatoms. The normalized spacial score (nSPS) is 13.5. The van der Waals surface area contributed by atoms with Gasteiger partial charge in [0.2, 0.25) is 0 Å². The third-order valence-corrected chi connectivity index (χ3v) is 2.63. The molecular formula is C14H15NO2. The molecule has 0 radical (unpaired) electrons. The maximum absolute atomic E-state index is 5.50. The van der Waals surface area contributed by atoms with Gasteiger partial charge < -0.3 is 9.47 Å². The fraction of sp³-hybridized carbons (Fsp3) is 0.286. The second kappa shape index (κ2) is 4.89. The highest BCUT2D eigenvalue weighted by Gasteiger charge is 2.15. The zero-order chi connectivity index (χ0) is 12.3. The quantitative estimate of drug-likeness (QED) is 0.796. The molecule has 0 atom stereocenters. The first kappa shape index (κ1) is 11.5. The van der Waals surface area contributed by atoms with Crippen LogP contribution in [-0.4, -0.2) is 13.0 Å². The number of nitrogens with zero attached hydrogens (tertiary/aromatic N) is 1. The molecule has 0 N–H and O–H groups in total. The van der Waals surface area contributed by atoms with Crippen LogP contribution in [0.5, 0.6) is 5.75 Å². The van der Waals surface area contributed by atoms with Crippen LogP contribution in [0.2, 0.25) is 0 Å². The van der Waals surface area contributed by atoms with E-state index in [1.165, 1.54) is 6.26 Å². The lowest BCUT2D eigenvalue weighted by Gasteiger charge is -2.16. The molecule has 1 aromatic rings. The van der Waals surface area contributed by atoms with Crippen molar-refractivity contribution in [2.75, 3.05) is 7.11 Å². The highest BCUT2D eigenvalue weighted by molar-refractivity contribution is 5.76. The van der Waals surface area contributed by atoms with Crippen molar-refractivity contribution >= 4 is 11.6 Å². The molecule has 17 heavy (non-hydrogen) atoms. The van der Waals surface area contributed by atoms with Gasteiger partial charge in [-0.3, -0.25) is 0 Å². The summed E-state index contributed by atoms with van der Waals surface area (Å²) in [5.74, 6) is 3.94. The van der Waals surface area contributed by atoms with Crippen LogP contribution in [0.25, 0.3) is 5.70 Å². The van der Waals surface area contributed by atoms with Gasteiger partial charge in [0.1, 0.15) is 17.7 Å². The number of aliphatic imine (C=N–C) groups is 1. The summed E-state index contributed by atoms with van der Waals surface area (Å²) in [6.45, 7) is 4.27. The van der Waals surface area contributed by atoms with E-state index in [4.69, 9.17) is 9.47 Å². The molecular weight excluding hydrogens is 214 g/mol. The predicted octanol–water partition coefficient (Wildman–Crippen LogP) is 3.33. The van der Waals surface area contributed by atoms with Gasteiger partial charge in [-0.05, 0) is 17.5 Å². The van der Waals surface area contributed by atoms with Crippen LogP contribution in [0, 0.1) is 0 Å². The van der Waals surface area contributed by atoms with Gasteiger partial charge in [-0.1, -0.05) is 26.0 Å². The smallest absolute Gasteiger partial charge is 0.151 e. The van der Waals surface area contributed by atoms with E-state index in [1.807, 2.05) is 12.1 Å². The molecule has 0 fully saturated rings. The van der Waals surface area contributed by atoms with E-state index in [0.29, 0.717) is 5.92 Å². The second-order valence-electron chi connectivity index (χ2n) is 4.08. The fourth-order valence-corrected chi connectivity index (χ4v) is 1.81. The largest absolute Gasteiger partial charge is 0.496 e. The third-order valence-electron chi connectivity index (χ3n) is 2.63. The van der Waals surface area contributed by atoms with Gasteiger partial charge in [0.05, 0.1) is 7.11 Å². The Bertz CT molecular complexity index is 509. The fourth-order valence-electron chi connectivity index (χ4n) is 1.81. The molecule has 0 spiro atoms. The molecule has 0 amide bonds. The molecule has 2 rings (SSSR count). The number of rotatable bonds is 3. The molecule has 1 aliphatic heterocycles. The van der Waals surface area contributed by atoms with Crippen molar-refractivity contribution in [3.05, 3.63) is 41.9 Å². The summed E-state index contributed by atoms with van der Waals surface area (Å²) in [5, 5.41) is 0. The van der Waals surface area contributed by atoms with E-state index in [-0.39, 0.29) is 0 Å². The van der Waals surface area contributed by atoms with E-state index in [9.17, 15) is 0 Å². The van der Waals surface area contributed by atoms with Crippen LogP contribution in [0.3, 0.4) is 0 Å². The lowest BCUT2D eigenvalue weighted by molar-refractivity contribution is 0.400. The average molecular weight is 229 g/mol. The summed E-state index contributed by atoms with van der Waals surface area (Å²) in [6.07, 6.45) is 3.01. The molecule has 0 bridgehead atoms. The maximum atomic E-state index is 5.50. The minimum atomic E-state index is 0.398. The van der Waals surface area contributed by atoms with Gasteiger partial charge >= 0.3 is 0 Å². The Hall–Kier alpha value is -1.99. The SMILES string of the molecule is COc1c(C2=COC=C=N2)cccc1C(C)C. The number of hydrogen-bond acceptors (Lipinski definition) is 3. The Morgan fingerprint density at radius 3 is 2.76 bits per heavy atom. The Balaban J connectivity index is 2.54. The molecule has 1 heterocycles. The van der Waals surface area contributed by atoms with Gasteiger partial charge in [-0.25, -0.2) is 0 Å². The lowest BCUT2D eigenvalue weighted by atomic mass is 9.98. The van der Waals surface area contributed by atoms with Crippen LogP contribution in [0.1, 0.15) is 30.9 Å².